The van der Waals surface area contributed by atoms with E-state index in [1.807, 2.05) is 0 Å². The quantitative estimate of drug-likeness (QED) is 0.544. The molecule has 0 bridgehead atoms. The molecule has 0 radical (unpaired) electrons. The van der Waals surface area contributed by atoms with Crippen LogP contribution in [0, 0.1) is 10.8 Å². The summed E-state index contributed by atoms with van der Waals surface area (Å²) in [5.41, 5.74) is 0.252. The number of benzene rings is 2. The molecule has 0 nitrogen and oxygen atoms in total. The van der Waals surface area contributed by atoms with Gasteiger partial charge in [0.25, 0.3) is 0 Å². The van der Waals surface area contributed by atoms with Gasteiger partial charge in [-0.25, -0.2) is 0 Å². The van der Waals surface area contributed by atoms with E-state index in [9.17, 15) is 0 Å². The maximum Gasteiger partial charge on any atom is -0.147 e. The summed E-state index contributed by atoms with van der Waals surface area (Å²) in [7, 11) is 0. The average molecular weight is 511 g/mol. The van der Waals surface area contributed by atoms with Gasteiger partial charge >= 0.3 is 160 Å². The molecule has 2 aliphatic rings. The number of hydrogen-bond donors (Lipinski definition) is 0. The van der Waals surface area contributed by atoms with Crippen LogP contribution in [0.25, 0.3) is 18.7 Å². The molecule has 0 fully saturated rings. The minimum absolute atomic E-state index is 0. The van der Waals surface area contributed by atoms with Gasteiger partial charge in [0.2, 0.25) is 0 Å². The fourth-order valence-corrected chi connectivity index (χ4v) is 30.5. The van der Waals surface area contributed by atoms with Crippen LogP contribution in [-0.2, 0) is 17.4 Å². The molecule has 0 saturated heterocycles. The Labute approximate surface area is 183 Å². The molecule has 2 aromatic rings. The van der Waals surface area contributed by atoms with E-state index in [-0.39, 0.29) is 35.6 Å². The number of fused-ring (bicyclic) bond motifs is 2. The van der Waals surface area contributed by atoms with Gasteiger partial charge in [0.05, 0.1) is 0 Å². The van der Waals surface area contributed by atoms with E-state index in [2.05, 4.69) is 105 Å². The SMILES string of the molecule is CC1(C)C=c2ccccc2=[C]1[Zr]([CH3])([CH3])(=[SiH2])[C]1=c2ccccc2=CC1(C)C.Cl.Cl. The van der Waals surface area contributed by atoms with Gasteiger partial charge in [-0.15, -0.1) is 24.8 Å². The fraction of sp³-hybridized carbons (Fsp3) is 0.333. The van der Waals surface area contributed by atoms with E-state index in [1.54, 1.807) is 6.56 Å². The van der Waals surface area contributed by atoms with Gasteiger partial charge in [0.1, 0.15) is 0 Å². The average Bonchev–Trinajstić information content (AvgIpc) is 2.94. The summed E-state index contributed by atoms with van der Waals surface area (Å²) >= 11 is -3.43. The Morgan fingerprint density at radius 1 is 0.643 bits per heavy atom. The van der Waals surface area contributed by atoms with Crippen molar-refractivity contribution in [3.05, 3.63) is 69.4 Å². The third-order valence-corrected chi connectivity index (χ3v) is 22.9. The van der Waals surface area contributed by atoms with Crippen molar-refractivity contribution in [2.45, 2.75) is 37.0 Å². The third-order valence-electron chi connectivity index (χ3n) is 6.39. The number of halogens is 2. The van der Waals surface area contributed by atoms with Crippen LogP contribution in [0.5, 0.6) is 0 Å². The Kier molecular flexibility index (Phi) is 6.04. The van der Waals surface area contributed by atoms with E-state index in [1.165, 1.54) is 20.9 Å². The monoisotopic (exact) mass is 508 g/mol. The van der Waals surface area contributed by atoms with Crippen LogP contribution in [-0.4, -0.2) is 6.88 Å². The summed E-state index contributed by atoms with van der Waals surface area (Å²) in [5.74, 6) is 0. The summed E-state index contributed by atoms with van der Waals surface area (Å²) in [4.78, 5) is 0. The normalized spacial score (nSPS) is 18.8. The first-order chi connectivity index (χ1) is 11.9. The largest absolute Gasteiger partial charge is 0.147 e. The number of hydrogen-bond acceptors (Lipinski definition) is 0. The van der Waals surface area contributed by atoms with Crippen molar-refractivity contribution < 1.29 is 17.4 Å². The molecule has 150 valence electrons. The predicted octanol–water partition coefficient (Wildman–Crippen LogP) is 3.42. The molecule has 4 heteroatoms. The van der Waals surface area contributed by atoms with Crippen LogP contribution < -0.4 is 20.9 Å². The second-order valence-electron chi connectivity index (χ2n) is 10.3. The molecule has 0 saturated carbocycles. The van der Waals surface area contributed by atoms with Gasteiger partial charge < -0.3 is 0 Å². The van der Waals surface area contributed by atoms with Gasteiger partial charge in [-0.3, -0.25) is 0 Å². The van der Waals surface area contributed by atoms with Crippen molar-refractivity contribution in [1.82, 2.24) is 0 Å². The minimum Gasteiger partial charge on any atom is -0.147 e. The Morgan fingerprint density at radius 2 is 0.964 bits per heavy atom. The summed E-state index contributed by atoms with van der Waals surface area (Å²) in [6.45, 7) is 12.1. The van der Waals surface area contributed by atoms with E-state index < -0.39 is 17.4 Å². The Bertz CT molecular complexity index is 1170. The first-order valence-electron chi connectivity index (χ1n) is 9.66. The van der Waals surface area contributed by atoms with E-state index in [0.29, 0.717) is 0 Å². The van der Waals surface area contributed by atoms with Crippen molar-refractivity contribution in [1.29, 1.82) is 0 Å². The summed E-state index contributed by atoms with van der Waals surface area (Å²) in [6, 6.07) is 18.1. The molecule has 4 rings (SSSR count). The molecule has 2 aromatic carbocycles. The Balaban J connectivity index is 0.00000140. The molecule has 0 heterocycles. The Morgan fingerprint density at radius 3 is 1.32 bits per heavy atom. The first-order valence-corrected chi connectivity index (χ1v) is 23.0. The van der Waals surface area contributed by atoms with Crippen LogP contribution in [0.15, 0.2) is 48.5 Å². The molecule has 0 N–H and O–H groups in total. The molecular formula is C24H32Cl2SiZr. The maximum absolute atomic E-state index is 3.43. The van der Waals surface area contributed by atoms with Gasteiger partial charge in [0.15, 0.2) is 0 Å². The van der Waals surface area contributed by atoms with Gasteiger partial charge in [0, 0.05) is 0 Å². The van der Waals surface area contributed by atoms with Crippen molar-refractivity contribution in [2.75, 3.05) is 0 Å². The molecule has 0 amide bonds. The van der Waals surface area contributed by atoms with Crippen molar-refractivity contribution >= 4 is 50.4 Å². The van der Waals surface area contributed by atoms with E-state index >= 15 is 0 Å². The first kappa shape index (κ1) is 23.9. The zero-order chi connectivity index (χ0) is 19.0. The van der Waals surface area contributed by atoms with Crippen molar-refractivity contribution in [3.8, 4) is 0 Å². The molecule has 0 atom stereocenters. The molecular weight excluding hydrogens is 478 g/mol. The van der Waals surface area contributed by atoms with E-state index in [0.717, 1.165) is 0 Å². The van der Waals surface area contributed by atoms with E-state index in [4.69, 9.17) is 0 Å². The molecule has 0 spiro atoms. The van der Waals surface area contributed by atoms with Crippen LogP contribution in [0.2, 0.25) is 9.26 Å². The topological polar surface area (TPSA) is 0 Å². The van der Waals surface area contributed by atoms with Crippen molar-refractivity contribution in [3.63, 3.8) is 0 Å². The molecule has 28 heavy (non-hydrogen) atoms. The Hall–Kier alpha value is -0.400. The van der Waals surface area contributed by atoms with Crippen LogP contribution >= 0.6 is 24.8 Å². The van der Waals surface area contributed by atoms with Gasteiger partial charge in [-0.2, -0.15) is 0 Å². The minimum atomic E-state index is -3.43. The second-order valence-corrected chi connectivity index (χ2v) is 38.6. The smallest absolute Gasteiger partial charge is 0.147 e. The summed E-state index contributed by atoms with van der Waals surface area (Å²) < 4.78 is 8.83. The number of rotatable bonds is 2. The summed E-state index contributed by atoms with van der Waals surface area (Å²) in [5, 5.41) is 5.88. The van der Waals surface area contributed by atoms with Crippen LogP contribution in [0.1, 0.15) is 27.7 Å². The van der Waals surface area contributed by atoms with Gasteiger partial charge in [-0.05, 0) is 0 Å². The zero-order valence-electron chi connectivity index (χ0n) is 17.8. The maximum atomic E-state index is 2.67. The molecule has 0 aliphatic heterocycles. The van der Waals surface area contributed by atoms with Crippen LogP contribution in [0.3, 0.4) is 0 Å². The third kappa shape index (κ3) is 3.39. The summed E-state index contributed by atoms with van der Waals surface area (Å²) in [6.07, 6.45) is 5.01. The molecule has 2 aliphatic carbocycles. The fourth-order valence-electron chi connectivity index (χ4n) is 6.37. The predicted molar refractivity (Wildman–Crippen MR) is 129 cm³/mol. The second kappa shape index (κ2) is 7.09. The molecule has 0 unspecified atom stereocenters. The van der Waals surface area contributed by atoms with Crippen LogP contribution in [0.4, 0.5) is 0 Å². The van der Waals surface area contributed by atoms with Crippen molar-refractivity contribution in [2.24, 2.45) is 10.8 Å². The standard InChI is InChI=1S/2C11H11.2CH3.2ClH.H2Si.Zr/c2*1-11(2)7-9-5-3-4-6-10(9)8-11;;;;;;/h2*3-7H,1-2H3;2*1H3;2*1H;1H2;. The molecule has 0 aromatic heterocycles. The van der Waals surface area contributed by atoms with Gasteiger partial charge in [-0.1, -0.05) is 0 Å². The zero-order valence-corrected chi connectivity index (χ0v) is 23.3.